The standard InChI is InChI=1S/C11H10ClN3O3/c12-6-2-5-10-13-14-11(18-10)8-3-1-4-9(7-8)15(16)17/h1,3-4,7H,2,5-6H2. The van der Waals surface area contributed by atoms with Gasteiger partial charge in [0.15, 0.2) is 0 Å². The number of alkyl halides is 1. The maximum Gasteiger partial charge on any atom is 0.270 e. The maximum absolute atomic E-state index is 10.7. The Morgan fingerprint density at radius 1 is 1.39 bits per heavy atom. The van der Waals surface area contributed by atoms with Gasteiger partial charge in [-0.05, 0) is 12.5 Å². The summed E-state index contributed by atoms with van der Waals surface area (Å²) in [5.41, 5.74) is 0.529. The van der Waals surface area contributed by atoms with Crippen LogP contribution in [0.25, 0.3) is 11.5 Å². The van der Waals surface area contributed by atoms with Gasteiger partial charge in [0.25, 0.3) is 5.69 Å². The molecule has 0 saturated heterocycles. The van der Waals surface area contributed by atoms with Gasteiger partial charge in [0.2, 0.25) is 11.8 Å². The Kier molecular flexibility index (Phi) is 3.88. The third-order valence-electron chi connectivity index (χ3n) is 2.30. The molecule has 0 aliphatic heterocycles. The van der Waals surface area contributed by atoms with Crippen LogP contribution < -0.4 is 0 Å². The fourth-order valence-electron chi connectivity index (χ4n) is 1.44. The van der Waals surface area contributed by atoms with E-state index in [0.29, 0.717) is 23.8 Å². The molecule has 18 heavy (non-hydrogen) atoms. The molecule has 2 rings (SSSR count). The number of nitrogens with zero attached hydrogens (tertiary/aromatic N) is 3. The summed E-state index contributed by atoms with van der Waals surface area (Å²) >= 11 is 5.57. The lowest BCUT2D eigenvalue weighted by Crippen LogP contribution is -1.88. The zero-order valence-electron chi connectivity index (χ0n) is 9.38. The molecule has 7 heteroatoms. The van der Waals surface area contributed by atoms with Crippen molar-refractivity contribution in [1.82, 2.24) is 10.2 Å². The van der Waals surface area contributed by atoms with Crippen LogP contribution in [-0.2, 0) is 6.42 Å². The van der Waals surface area contributed by atoms with E-state index in [9.17, 15) is 10.1 Å². The van der Waals surface area contributed by atoms with Crippen LogP contribution in [-0.4, -0.2) is 21.0 Å². The van der Waals surface area contributed by atoms with Crippen molar-refractivity contribution in [2.45, 2.75) is 12.8 Å². The normalized spacial score (nSPS) is 10.5. The number of nitro groups is 1. The molecule has 0 atom stereocenters. The molecular formula is C11H10ClN3O3. The van der Waals surface area contributed by atoms with Crippen LogP contribution in [0.2, 0.25) is 0 Å². The zero-order chi connectivity index (χ0) is 13.0. The topological polar surface area (TPSA) is 82.1 Å². The molecular weight excluding hydrogens is 258 g/mol. The van der Waals surface area contributed by atoms with Gasteiger partial charge in [-0.25, -0.2) is 0 Å². The second-order valence-electron chi connectivity index (χ2n) is 3.60. The molecule has 1 aromatic heterocycles. The van der Waals surface area contributed by atoms with E-state index in [1.807, 2.05) is 0 Å². The van der Waals surface area contributed by atoms with Gasteiger partial charge in [-0.1, -0.05) is 6.07 Å². The average molecular weight is 268 g/mol. The van der Waals surface area contributed by atoms with E-state index in [2.05, 4.69) is 10.2 Å². The lowest BCUT2D eigenvalue weighted by molar-refractivity contribution is -0.384. The highest BCUT2D eigenvalue weighted by Crippen LogP contribution is 2.22. The van der Waals surface area contributed by atoms with E-state index in [-0.39, 0.29) is 11.6 Å². The first-order chi connectivity index (χ1) is 8.70. The molecule has 6 nitrogen and oxygen atoms in total. The van der Waals surface area contributed by atoms with Crippen LogP contribution in [0.15, 0.2) is 28.7 Å². The van der Waals surface area contributed by atoms with Crippen LogP contribution >= 0.6 is 11.6 Å². The summed E-state index contributed by atoms with van der Waals surface area (Å²) < 4.78 is 5.40. The summed E-state index contributed by atoms with van der Waals surface area (Å²) in [6.07, 6.45) is 1.35. The van der Waals surface area contributed by atoms with Gasteiger partial charge in [-0.2, -0.15) is 0 Å². The highest BCUT2D eigenvalue weighted by Gasteiger charge is 2.12. The predicted octanol–water partition coefficient (Wildman–Crippen LogP) is 2.82. The van der Waals surface area contributed by atoms with Crippen molar-refractivity contribution in [2.75, 3.05) is 5.88 Å². The molecule has 0 amide bonds. The molecule has 0 N–H and O–H groups in total. The highest BCUT2D eigenvalue weighted by molar-refractivity contribution is 6.17. The van der Waals surface area contributed by atoms with Crippen molar-refractivity contribution in [3.8, 4) is 11.5 Å². The van der Waals surface area contributed by atoms with Gasteiger partial charge in [-0.15, -0.1) is 21.8 Å². The Labute approximate surface area is 108 Å². The maximum atomic E-state index is 10.7. The molecule has 0 radical (unpaired) electrons. The van der Waals surface area contributed by atoms with E-state index in [4.69, 9.17) is 16.0 Å². The van der Waals surface area contributed by atoms with Crippen LogP contribution in [0, 0.1) is 10.1 Å². The molecule has 0 fully saturated rings. The molecule has 0 unspecified atom stereocenters. The van der Waals surface area contributed by atoms with Crippen molar-refractivity contribution in [3.63, 3.8) is 0 Å². The number of hydrogen-bond acceptors (Lipinski definition) is 5. The first-order valence-electron chi connectivity index (χ1n) is 5.34. The number of nitro benzene ring substituents is 1. The van der Waals surface area contributed by atoms with Gasteiger partial charge in [0.1, 0.15) is 0 Å². The monoisotopic (exact) mass is 267 g/mol. The molecule has 0 aliphatic rings. The Balaban J connectivity index is 2.23. The first-order valence-corrected chi connectivity index (χ1v) is 5.87. The molecule has 0 bridgehead atoms. The number of aryl methyl sites for hydroxylation is 1. The van der Waals surface area contributed by atoms with Crippen LogP contribution in [0.5, 0.6) is 0 Å². The molecule has 0 spiro atoms. The van der Waals surface area contributed by atoms with E-state index in [1.54, 1.807) is 12.1 Å². The number of aromatic nitrogens is 2. The number of rotatable bonds is 5. The summed E-state index contributed by atoms with van der Waals surface area (Å²) in [5, 5.41) is 18.4. The molecule has 2 aromatic rings. The Morgan fingerprint density at radius 3 is 2.94 bits per heavy atom. The van der Waals surface area contributed by atoms with Crippen molar-refractivity contribution < 1.29 is 9.34 Å². The summed E-state index contributed by atoms with van der Waals surface area (Å²) in [5.74, 6) is 1.29. The first kappa shape index (κ1) is 12.5. The molecule has 1 heterocycles. The lowest BCUT2D eigenvalue weighted by Gasteiger charge is -1.95. The van der Waals surface area contributed by atoms with E-state index in [0.717, 1.165) is 6.42 Å². The molecule has 94 valence electrons. The average Bonchev–Trinajstić information content (AvgIpc) is 2.85. The van der Waals surface area contributed by atoms with E-state index in [1.165, 1.54) is 12.1 Å². The van der Waals surface area contributed by atoms with Crippen molar-refractivity contribution >= 4 is 17.3 Å². The Morgan fingerprint density at radius 2 is 2.22 bits per heavy atom. The van der Waals surface area contributed by atoms with E-state index >= 15 is 0 Å². The number of non-ortho nitro benzene ring substituents is 1. The van der Waals surface area contributed by atoms with Crippen LogP contribution in [0.4, 0.5) is 5.69 Å². The van der Waals surface area contributed by atoms with Crippen LogP contribution in [0.3, 0.4) is 0 Å². The summed E-state index contributed by atoms with van der Waals surface area (Å²) in [6.45, 7) is 0. The third kappa shape index (κ3) is 2.84. The van der Waals surface area contributed by atoms with Crippen molar-refractivity contribution in [3.05, 3.63) is 40.3 Å². The summed E-state index contributed by atoms with van der Waals surface area (Å²) in [6, 6.07) is 6.08. The molecule has 0 aliphatic carbocycles. The van der Waals surface area contributed by atoms with Crippen molar-refractivity contribution in [2.24, 2.45) is 0 Å². The number of benzene rings is 1. The second kappa shape index (κ2) is 5.59. The Hall–Kier alpha value is -1.95. The quantitative estimate of drug-likeness (QED) is 0.473. The van der Waals surface area contributed by atoms with Gasteiger partial charge >= 0.3 is 0 Å². The van der Waals surface area contributed by atoms with Gasteiger partial charge in [-0.3, -0.25) is 10.1 Å². The van der Waals surface area contributed by atoms with Gasteiger partial charge in [0.05, 0.1) is 4.92 Å². The minimum absolute atomic E-state index is 0.00647. The summed E-state index contributed by atoms with van der Waals surface area (Å²) in [4.78, 5) is 10.2. The Bertz CT molecular complexity index is 556. The minimum Gasteiger partial charge on any atom is -0.421 e. The highest BCUT2D eigenvalue weighted by atomic mass is 35.5. The smallest absolute Gasteiger partial charge is 0.270 e. The number of halogens is 1. The lowest BCUT2D eigenvalue weighted by atomic mass is 10.2. The van der Waals surface area contributed by atoms with Crippen LogP contribution in [0.1, 0.15) is 12.3 Å². The fourth-order valence-corrected chi connectivity index (χ4v) is 1.58. The minimum atomic E-state index is -0.464. The third-order valence-corrected chi connectivity index (χ3v) is 2.56. The fraction of sp³-hybridized carbons (Fsp3) is 0.273. The predicted molar refractivity (Wildman–Crippen MR) is 65.4 cm³/mol. The van der Waals surface area contributed by atoms with Gasteiger partial charge in [0, 0.05) is 30.0 Å². The van der Waals surface area contributed by atoms with Gasteiger partial charge < -0.3 is 4.42 Å². The van der Waals surface area contributed by atoms with E-state index < -0.39 is 4.92 Å². The zero-order valence-corrected chi connectivity index (χ0v) is 10.1. The molecule has 0 saturated carbocycles. The second-order valence-corrected chi connectivity index (χ2v) is 3.98. The van der Waals surface area contributed by atoms with Crippen molar-refractivity contribution in [1.29, 1.82) is 0 Å². The number of hydrogen-bond donors (Lipinski definition) is 0. The molecule has 1 aromatic carbocycles. The summed E-state index contributed by atoms with van der Waals surface area (Å²) in [7, 11) is 0. The SMILES string of the molecule is O=[N+]([O-])c1cccc(-c2nnc(CCCCl)o2)c1. The largest absolute Gasteiger partial charge is 0.421 e.